The summed E-state index contributed by atoms with van der Waals surface area (Å²) >= 11 is 0. The van der Waals surface area contributed by atoms with Crippen LogP contribution >= 0.6 is 0 Å². The van der Waals surface area contributed by atoms with Crippen molar-refractivity contribution in [1.82, 2.24) is 9.47 Å². The molecule has 1 fully saturated rings. The van der Waals surface area contributed by atoms with Gasteiger partial charge in [-0.25, -0.2) is 4.79 Å². The summed E-state index contributed by atoms with van der Waals surface area (Å²) in [6, 6.07) is 8.63. The molecule has 2 aromatic rings. The number of ether oxygens (including phenoxy) is 1. The Morgan fingerprint density at radius 3 is 2.44 bits per heavy atom. The number of rotatable bonds is 2. The van der Waals surface area contributed by atoms with Crippen molar-refractivity contribution in [2.24, 2.45) is 0 Å². The number of nitriles is 1. The first-order chi connectivity index (χ1) is 12.7. The highest BCUT2D eigenvalue weighted by Crippen LogP contribution is 2.33. The predicted molar refractivity (Wildman–Crippen MR) is 107 cm³/mol. The number of anilines is 1. The third kappa shape index (κ3) is 3.73. The lowest BCUT2D eigenvalue weighted by Crippen LogP contribution is -2.50. The molecule has 1 aromatic carbocycles. The summed E-state index contributed by atoms with van der Waals surface area (Å²) < 4.78 is 7.69. The molecule has 3 rings (SSSR count). The molecular weight excluding hydrogens is 340 g/mol. The third-order valence-corrected chi connectivity index (χ3v) is 4.85. The highest BCUT2D eigenvalue weighted by atomic mass is 16.6. The van der Waals surface area contributed by atoms with E-state index in [1.54, 1.807) is 4.90 Å². The van der Waals surface area contributed by atoms with Gasteiger partial charge in [-0.3, -0.25) is 0 Å². The van der Waals surface area contributed by atoms with Gasteiger partial charge in [-0.05, 0) is 46.2 Å². The fourth-order valence-electron chi connectivity index (χ4n) is 3.63. The van der Waals surface area contributed by atoms with Crippen molar-refractivity contribution in [3.63, 3.8) is 0 Å². The van der Waals surface area contributed by atoms with Gasteiger partial charge in [0.15, 0.2) is 0 Å². The van der Waals surface area contributed by atoms with Crippen LogP contribution in [0.15, 0.2) is 18.2 Å². The molecule has 144 valence electrons. The third-order valence-electron chi connectivity index (χ3n) is 4.85. The molecule has 1 saturated heterocycles. The maximum Gasteiger partial charge on any atom is 0.410 e. The van der Waals surface area contributed by atoms with Crippen molar-refractivity contribution in [1.29, 1.82) is 5.26 Å². The number of hydrogen-bond donors (Lipinski definition) is 0. The number of amides is 1. The molecule has 6 nitrogen and oxygen atoms in total. The molecule has 0 spiro atoms. The summed E-state index contributed by atoms with van der Waals surface area (Å²) in [4.78, 5) is 16.3. The molecule has 6 heteroatoms. The summed E-state index contributed by atoms with van der Waals surface area (Å²) in [5.41, 5.74) is 2.51. The Morgan fingerprint density at radius 1 is 1.22 bits per heavy atom. The van der Waals surface area contributed by atoms with E-state index in [2.05, 4.69) is 35.5 Å². The van der Waals surface area contributed by atoms with Crippen LogP contribution in [0, 0.1) is 18.3 Å². The van der Waals surface area contributed by atoms with Gasteiger partial charge >= 0.3 is 6.09 Å². The Balaban J connectivity index is 1.87. The van der Waals surface area contributed by atoms with Crippen LogP contribution in [0.5, 0.6) is 0 Å². The van der Waals surface area contributed by atoms with Crippen molar-refractivity contribution < 1.29 is 9.53 Å². The van der Waals surface area contributed by atoms with Crippen LogP contribution in [0.3, 0.4) is 0 Å². The number of carbonyl (C=O) groups excluding carboxylic acids is 1. The molecule has 0 bridgehead atoms. The SMILES string of the molecule is CCn1c(N2CCN(C(=O)OC(C)(C)C)CC2)c(C#N)c2ccc(C)cc21. The summed E-state index contributed by atoms with van der Waals surface area (Å²) in [5.74, 6) is 0.962. The Labute approximate surface area is 160 Å². The molecule has 0 saturated carbocycles. The van der Waals surface area contributed by atoms with Crippen molar-refractivity contribution in [2.45, 2.75) is 46.8 Å². The summed E-state index contributed by atoms with van der Waals surface area (Å²) in [7, 11) is 0. The van der Waals surface area contributed by atoms with E-state index in [-0.39, 0.29) is 6.09 Å². The lowest BCUT2D eigenvalue weighted by atomic mass is 10.1. The van der Waals surface area contributed by atoms with Gasteiger partial charge in [-0.1, -0.05) is 12.1 Å². The quantitative estimate of drug-likeness (QED) is 0.807. The molecule has 1 aliphatic heterocycles. The molecule has 0 aliphatic carbocycles. The van der Waals surface area contributed by atoms with E-state index in [0.29, 0.717) is 26.2 Å². The second-order valence-electron chi connectivity index (χ2n) is 8.03. The van der Waals surface area contributed by atoms with Crippen molar-refractivity contribution in [3.05, 3.63) is 29.3 Å². The zero-order chi connectivity index (χ0) is 19.8. The number of fused-ring (bicyclic) bond motifs is 1. The molecule has 0 radical (unpaired) electrons. The molecule has 1 aromatic heterocycles. The lowest BCUT2D eigenvalue weighted by molar-refractivity contribution is 0.0240. The monoisotopic (exact) mass is 368 g/mol. The number of piperazine rings is 1. The van der Waals surface area contributed by atoms with Gasteiger partial charge in [-0.2, -0.15) is 5.26 Å². The van der Waals surface area contributed by atoms with E-state index >= 15 is 0 Å². The zero-order valence-corrected chi connectivity index (χ0v) is 16.9. The molecule has 0 N–H and O–H groups in total. The first-order valence-corrected chi connectivity index (χ1v) is 9.51. The molecular formula is C21H28N4O2. The lowest BCUT2D eigenvalue weighted by Gasteiger charge is -2.37. The minimum atomic E-state index is -0.491. The van der Waals surface area contributed by atoms with Crippen LogP contribution in [0.25, 0.3) is 10.9 Å². The molecule has 0 atom stereocenters. The fraction of sp³-hybridized carbons (Fsp3) is 0.524. The van der Waals surface area contributed by atoms with Gasteiger partial charge in [0.1, 0.15) is 23.1 Å². The van der Waals surface area contributed by atoms with Gasteiger partial charge in [0.05, 0.1) is 5.52 Å². The van der Waals surface area contributed by atoms with Gasteiger partial charge in [0, 0.05) is 38.1 Å². The number of aromatic nitrogens is 1. The minimum absolute atomic E-state index is 0.269. The van der Waals surface area contributed by atoms with Crippen molar-refractivity contribution in [2.75, 3.05) is 31.1 Å². The maximum absolute atomic E-state index is 12.3. The molecule has 2 heterocycles. The van der Waals surface area contributed by atoms with Gasteiger partial charge in [-0.15, -0.1) is 0 Å². The standard InChI is InChI=1S/C21H28N4O2/c1-6-25-18-13-15(2)7-8-16(18)17(14-22)19(25)23-9-11-24(12-10-23)20(26)27-21(3,4)5/h7-8,13H,6,9-12H2,1-5H3. The first-order valence-electron chi connectivity index (χ1n) is 9.51. The van der Waals surface area contributed by atoms with E-state index in [1.807, 2.05) is 32.9 Å². The second-order valence-corrected chi connectivity index (χ2v) is 8.03. The highest BCUT2D eigenvalue weighted by molar-refractivity contribution is 5.93. The zero-order valence-electron chi connectivity index (χ0n) is 16.9. The van der Waals surface area contributed by atoms with E-state index in [4.69, 9.17) is 4.74 Å². The van der Waals surface area contributed by atoms with E-state index in [1.165, 1.54) is 5.56 Å². The van der Waals surface area contributed by atoms with E-state index < -0.39 is 5.60 Å². The summed E-state index contributed by atoms with van der Waals surface area (Å²) in [5, 5.41) is 10.8. The van der Waals surface area contributed by atoms with Crippen LogP contribution in [0.4, 0.5) is 10.6 Å². The minimum Gasteiger partial charge on any atom is -0.444 e. The van der Waals surface area contributed by atoms with Gasteiger partial charge < -0.3 is 19.1 Å². The highest BCUT2D eigenvalue weighted by Gasteiger charge is 2.29. The number of carbonyl (C=O) groups is 1. The van der Waals surface area contributed by atoms with Crippen LogP contribution in [-0.4, -0.2) is 47.3 Å². The van der Waals surface area contributed by atoms with Gasteiger partial charge in [0.25, 0.3) is 0 Å². The van der Waals surface area contributed by atoms with E-state index in [0.717, 1.165) is 28.8 Å². The smallest absolute Gasteiger partial charge is 0.410 e. The fourth-order valence-corrected chi connectivity index (χ4v) is 3.63. The Kier molecular flexibility index (Phi) is 5.05. The predicted octanol–water partition coefficient (Wildman–Crippen LogP) is 3.90. The maximum atomic E-state index is 12.3. The second kappa shape index (κ2) is 7.15. The Morgan fingerprint density at radius 2 is 1.89 bits per heavy atom. The van der Waals surface area contributed by atoms with Crippen LogP contribution in [0.1, 0.15) is 38.8 Å². The number of nitrogens with zero attached hydrogens (tertiary/aromatic N) is 4. The van der Waals surface area contributed by atoms with Crippen molar-refractivity contribution >= 4 is 22.8 Å². The van der Waals surface area contributed by atoms with Crippen molar-refractivity contribution in [3.8, 4) is 6.07 Å². The first kappa shape index (κ1) is 19.1. The summed E-state index contributed by atoms with van der Waals surface area (Å²) in [6.07, 6.45) is -0.269. The number of aryl methyl sites for hydroxylation is 2. The van der Waals surface area contributed by atoms with Crippen LogP contribution in [0.2, 0.25) is 0 Å². The molecule has 27 heavy (non-hydrogen) atoms. The molecule has 1 amide bonds. The Bertz CT molecular complexity index is 894. The van der Waals surface area contributed by atoms with Crippen LogP contribution in [-0.2, 0) is 11.3 Å². The van der Waals surface area contributed by atoms with Gasteiger partial charge in [0.2, 0.25) is 0 Å². The topological polar surface area (TPSA) is 61.5 Å². The van der Waals surface area contributed by atoms with E-state index in [9.17, 15) is 10.1 Å². The number of hydrogen-bond acceptors (Lipinski definition) is 4. The largest absolute Gasteiger partial charge is 0.444 e. The molecule has 1 aliphatic rings. The average molecular weight is 368 g/mol. The normalized spacial score (nSPS) is 15.1. The summed E-state index contributed by atoms with van der Waals surface area (Å²) in [6.45, 7) is 13.1. The Hall–Kier alpha value is -2.68. The number of benzene rings is 1. The molecule has 0 unspecified atom stereocenters. The average Bonchev–Trinajstić information content (AvgIpc) is 2.92. The van der Waals surface area contributed by atoms with Crippen LogP contribution < -0.4 is 4.90 Å².